The van der Waals surface area contributed by atoms with Gasteiger partial charge in [0.2, 0.25) is 0 Å². The summed E-state index contributed by atoms with van der Waals surface area (Å²) in [5, 5.41) is 11.3. The zero-order valence-electron chi connectivity index (χ0n) is 12.7. The predicted octanol–water partition coefficient (Wildman–Crippen LogP) is 2.27. The number of nitrogens with zero attached hydrogens (tertiary/aromatic N) is 2. The van der Waals surface area contributed by atoms with E-state index in [0.29, 0.717) is 5.56 Å². The first-order valence-electron chi connectivity index (χ1n) is 6.54. The van der Waals surface area contributed by atoms with Crippen molar-refractivity contribution in [2.75, 3.05) is 14.2 Å². The Hall–Kier alpha value is -3.16. The van der Waals surface area contributed by atoms with Crippen molar-refractivity contribution in [1.29, 1.82) is 0 Å². The number of esters is 2. The van der Waals surface area contributed by atoms with Gasteiger partial charge in [0, 0.05) is 12.3 Å². The molecule has 0 aliphatic rings. The quantitative estimate of drug-likeness (QED) is 0.487. The minimum absolute atomic E-state index is 0.0476. The van der Waals surface area contributed by atoms with Gasteiger partial charge in [0.25, 0.3) is 5.69 Å². The normalized spacial score (nSPS) is 10.2. The Morgan fingerprint density at radius 3 is 2.35 bits per heavy atom. The van der Waals surface area contributed by atoms with E-state index in [0.717, 1.165) is 6.07 Å². The van der Waals surface area contributed by atoms with Crippen LogP contribution in [0.2, 0.25) is 0 Å². The molecular weight excluding hydrogens is 304 g/mol. The second-order valence-corrected chi connectivity index (χ2v) is 4.66. The highest BCUT2D eigenvalue weighted by Crippen LogP contribution is 2.27. The molecule has 23 heavy (non-hydrogen) atoms. The highest BCUT2D eigenvalue weighted by atomic mass is 16.6. The molecule has 0 atom stereocenters. The zero-order chi connectivity index (χ0) is 17.1. The number of methoxy groups -OCH3 is 2. The number of nitro benzene ring substituents is 1. The Morgan fingerprint density at radius 2 is 1.78 bits per heavy atom. The fraction of sp³-hybridized carbons (Fsp3) is 0.200. The molecule has 2 rings (SSSR count). The van der Waals surface area contributed by atoms with Crippen molar-refractivity contribution in [1.82, 2.24) is 4.57 Å². The first-order valence-corrected chi connectivity index (χ1v) is 6.54. The van der Waals surface area contributed by atoms with Gasteiger partial charge in [-0.3, -0.25) is 10.1 Å². The van der Waals surface area contributed by atoms with Crippen LogP contribution in [0.15, 0.2) is 30.5 Å². The first-order chi connectivity index (χ1) is 10.9. The molecule has 0 spiro atoms. The maximum atomic E-state index is 11.9. The average Bonchev–Trinajstić information content (AvgIpc) is 2.94. The van der Waals surface area contributed by atoms with Gasteiger partial charge in [0.1, 0.15) is 11.4 Å². The molecule has 2 aromatic rings. The Balaban J connectivity index is 2.67. The van der Waals surface area contributed by atoms with E-state index in [1.54, 1.807) is 13.0 Å². The Labute approximate surface area is 131 Å². The summed E-state index contributed by atoms with van der Waals surface area (Å²) in [6, 6.07) is 5.53. The van der Waals surface area contributed by atoms with Gasteiger partial charge in [-0.15, -0.1) is 0 Å². The number of hydrogen-bond donors (Lipinski definition) is 0. The minimum atomic E-state index is -0.684. The molecule has 0 aliphatic carbocycles. The summed E-state index contributed by atoms with van der Waals surface area (Å²) in [6.45, 7) is 1.69. The lowest BCUT2D eigenvalue weighted by Gasteiger charge is -2.10. The monoisotopic (exact) mass is 318 g/mol. The molecule has 0 saturated carbocycles. The summed E-state index contributed by atoms with van der Waals surface area (Å²) in [7, 11) is 2.42. The number of rotatable bonds is 4. The molecule has 120 valence electrons. The predicted molar refractivity (Wildman–Crippen MR) is 79.8 cm³/mol. The Kier molecular flexibility index (Phi) is 4.44. The summed E-state index contributed by atoms with van der Waals surface area (Å²) >= 11 is 0. The van der Waals surface area contributed by atoms with E-state index in [1.807, 2.05) is 0 Å². The topological polar surface area (TPSA) is 101 Å². The molecule has 0 aliphatic heterocycles. The van der Waals surface area contributed by atoms with Crippen molar-refractivity contribution < 1.29 is 24.0 Å². The number of benzene rings is 1. The van der Waals surface area contributed by atoms with Gasteiger partial charge in [-0.2, -0.15) is 0 Å². The van der Waals surface area contributed by atoms with Crippen LogP contribution in [-0.4, -0.2) is 35.6 Å². The van der Waals surface area contributed by atoms with Crippen molar-refractivity contribution in [3.8, 4) is 5.69 Å². The summed E-state index contributed by atoms with van der Waals surface area (Å²) in [6.07, 6.45) is 1.53. The summed E-state index contributed by atoms with van der Waals surface area (Å²) in [4.78, 5) is 34.2. The SMILES string of the molecule is COC(=O)c1ccc(-n2ccc(C)c2C(=O)OC)c([N+](=O)[O-])c1. The summed E-state index contributed by atoms with van der Waals surface area (Å²) in [5.41, 5.74) is 0.667. The third kappa shape index (κ3) is 2.91. The number of carbonyl (C=O) groups excluding carboxylic acids is 2. The number of carbonyl (C=O) groups is 2. The van der Waals surface area contributed by atoms with Crippen LogP contribution < -0.4 is 0 Å². The molecule has 8 nitrogen and oxygen atoms in total. The van der Waals surface area contributed by atoms with E-state index in [4.69, 9.17) is 4.74 Å². The molecule has 0 saturated heterocycles. The smallest absolute Gasteiger partial charge is 0.355 e. The van der Waals surface area contributed by atoms with Gasteiger partial charge in [0.05, 0.1) is 24.7 Å². The average molecular weight is 318 g/mol. The van der Waals surface area contributed by atoms with Gasteiger partial charge < -0.3 is 14.0 Å². The molecule has 0 N–H and O–H groups in total. The van der Waals surface area contributed by atoms with Crippen molar-refractivity contribution in [3.05, 3.63) is 57.4 Å². The van der Waals surface area contributed by atoms with Gasteiger partial charge in [-0.25, -0.2) is 9.59 Å². The molecule has 8 heteroatoms. The molecular formula is C15H14N2O6. The first kappa shape index (κ1) is 16.2. The number of aryl methyl sites for hydroxylation is 1. The van der Waals surface area contributed by atoms with Crippen LogP contribution >= 0.6 is 0 Å². The van der Waals surface area contributed by atoms with Gasteiger partial charge in [0.15, 0.2) is 0 Å². The van der Waals surface area contributed by atoms with Crippen LogP contribution in [0.25, 0.3) is 5.69 Å². The zero-order valence-corrected chi connectivity index (χ0v) is 12.7. The molecule has 1 aromatic heterocycles. The molecule has 1 aromatic carbocycles. The van der Waals surface area contributed by atoms with Crippen molar-refractivity contribution in [2.24, 2.45) is 0 Å². The second kappa shape index (κ2) is 6.30. The summed E-state index contributed by atoms with van der Waals surface area (Å²) < 4.78 is 10.6. The molecule has 0 fully saturated rings. The van der Waals surface area contributed by atoms with Crippen LogP contribution in [-0.2, 0) is 9.47 Å². The highest BCUT2D eigenvalue weighted by molar-refractivity contribution is 5.92. The molecule has 0 bridgehead atoms. The largest absolute Gasteiger partial charge is 0.465 e. The maximum absolute atomic E-state index is 11.9. The van der Waals surface area contributed by atoms with Crippen LogP contribution in [0.4, 0.5) is 5.69 Å². The molecule has 1 heterocycles. The van der Waals surface area contributed by atoms with Crippen LogP contribution in [0, 0.1) is 17.0 Å². The standard InChI is InChI=1S/C15H14N2O6/c1-9-6-7-16(13(9)15(19)23-3)11-5-4-10(14(18)22-2)8-12(11)17(20)21/h4-8H,1-3H3. The second-order valence-electron chi connectivity index (χ2n) is 4.66. The third-order valence-corrected chi connectivity index (χ3v) is 3.32. The maximum Gasteiger partial charge on any atom is 0.355 e. The number of hydrogen-bond acceptors (Lipinski definition) is 6. The van der Waals surface area contributed by atoms with Crippen LogP contribution in [0.5, 0.6) is 0 Å². The molecule has 0 unspecified atom stereocenters. The van der Waals surface area contributed by atoms with Crippen LogP contribution in [0.3, 0.4) is 0 Å². The molecule has 0 amide bonds. The molecule has 0 radical (unpaired) electrons. The fourth-order valence-corrected chi connectivity index (χ4v) is 2.20. The van der Waals surface area contributed by atoms with Crippen molar-refractivity contribution >= 4 is 17.6 Å². The van der Waals surface area contributed by atoms with E-state index in [1.165, 1.54) is 37.1 Å². The van der Waals surface area contributed by atoms with E-state index in [9.17, 15) is 19.7 Å². The Morgan fingerprint density at radius 1 is 1.13 bits per heavy atom. The fourth-order valence-electron chi connectivity index (χ4n) is 2.20. The van der Waals surface area contributed by atoms with E-state index in [-0.39, 0.29) is 22.6 Å². The van der Waals surface area contributed by atoms with Gasteiger partial charge in [-0.1, -0.05) is 0 Å². The lowest BCUT2D eigenvalue weighted by Crippen LogP contribution is -2.12. The van der Waals surface area contributed by atoms with Crippen LogP contribution in [0.1, 0.15) is 26.4 Å². The van der Waals surface area contributed by atoms with Gasteiger partial charge >= 0.3 is 11.9 Å². The lowest BCUT2D eigenvalue weighted by atomic mass is 10.1. The number of aromatic nitrogens is 1. The van der Waals surface area contributed by atoms with E-state index < -0.39 is 16.9 Å². The third-order valence-electron chi connectivity index (χ3n) is 3.32. The van der Waals surface area contributed by atoms with Crippen molar-refractivity contribution in [3.63, 3.8) is 0 Å². The highest BCUT2D eigenvalue weighted by Gasteiger charge is 2.24. The minimum Gasteiger partial charge on any atom is -0.465 e. The lowest BCUT2D eigenvalue weighted by molar-refractivity contribution is -0.384. The van der Waals surface area contributed by atoms with Gasteiger partial charge in [-0.05, 0) is 30.7 Å². The van der Waals surface area contributed by atoms with E-state index in [2.05, 4.69) is 4.74 Å². The van der Waals surface area contributed by atoms with Crippen molar-refractivity contribution in [2.45, 2.75) is 6.92 Å². The Bertz CT molecular complexity index is 793. The van der Waals surface area contributed by atoms with E-state index >= 15 is 0 Å². The summed E-state index contributed by atoms with van der Waals surface area (Å²) in [5.74, 6) is -1.30. The number of nitro groups is 1. The number of ether oxygens (including phenoxy) is 2.